The molecule has 3 fully saturated rings. The summed E-state index contributed by atoms with van der Waals surface area (Å²) in [6.07, 6.45) is 4.43. The number of piperazine rings is 1. The third kappa shape index (κ3) is 5.28. The zero-order valence-electron chi connectivity index (χ0n) is 17.1. The van der Waals surface area contributed by atoms with E-state index in [2.05, 4.69) is 10.2 Å². The van der Waals surface area contributed by atoms with Crippen LogP contribution >= 0.6 is 0 Å². The van der Waals surface area contributed by atoms with E-state index in [1.807, 2.05) is 35.2 Å². The van der Waals surface area contributed by atoms with Crippen LogP contribution in [0.15, 0.2) is 30.3 Å². The third-order valence-electron chi connectivity index (χ3n) is 6.25. The van der Waals surface area contributed by atoms with Gasteiger partial charge in [0.15, 0.2) is 0 Å². The minimum Gasteiger partial charge on any atom is -0.377 e. The number of carbonyl (C=O) groups excluding carboxylic acids is 2. The van der Waals surface area contributed by atoms with Gasteiger partial charge in [-0.1, -0.05) is 18.2 Å². The highest BCUT2D eigenvalue weighted by atomic mass is 16.5. The molecule has 3 saturated heterocycles. The van der Waals surface area contributed by atoms with Gasteiger partial charge in [-0.2, -0.15) is 0 Å². The van der Waals surface area contributed by atoms with Gasteiger partial charge in [-0.25, -0.2) is 4.79 Å². The van der Waals surface area contributed by atoms with Crippen molar-refractivity contribution in [3.8, 4) is 0 Å². The van der Waals surface area contributed by atoms with Crippen LogP contribution in [0.3, 0.4) is 0 Å². The van der Waals surface area contributed by atoms with E-state index in [1.165, 1.54) is 6.42 Å². The number of urea groups is 1. The number of piperidine rings is 1. The molecule has 3 amide bonds. The Balaban J connectivity index is 1.25. The molecule has 7 heteroatoms. The van der Waals surface area contributed by atoms with E-state index in [4.69, 9.17) is 4.74 Å². The van der Waals surface area contributed by atoms with Gasteiger partial charge < -0.3 is 19.9 Å². The van der Waals surface area contributed by atoms with Crippen LogP contribution in [0.2, 0.25) is 0 Å². The Labute approximate surface area is 173 Å². The van der Waals surface area contributed by atoms with Crippen molar-refractivity contribution in [2.45, 2.75) is 31.8 Å². The molecule has 29 heavy (non-hydrogen) atoms. The van der Waals surface area contributed by atoms with E-state index in [1.54, 1.807) is 4.90 Å². The first-order chi connectivity index (χ1) is 14.2. The van der Waals surface area contributed by atoms with Crippen LogP contribution in [0, 0.1) is 5.92 Å². The monoisotopic (exact) mass is 400 g/mol. The fourth-order valence-electron chi connectivity index (χ4n) is 4.57. The Morgan fingerprint density at radius 1 is 0.966 bits per heavy atom. The van der Waals surface area contributed by atoms with Crippen molar-refractivity contribution in [2.24, 2.45) is 5.92 Å². The maximum Gasteiger partial charge on any atom is 0.321 e. The molecule has 7 nitrogen and oxygen atoms in total. The summed E-state index contributed by atoms with van der Waals surface area (Å²) in [4.78, 5) is 31.8. The van der Waals surface area contributed by atoms with E-state index in [9.17, 15) is 9.59 Å². The number of para-hydroxylation sites is 1. The lowest BCUT2D eigenvalue weighted by atomic mass is 9.96. The molecule has 3 aliphatic rings. The summed E-state index contributed by atoms with van der Waals surface area (Å²) < 4.78 is 5.74. The number of hydrogen-bond donors (Lipinski definition) is 1. The summed E-state index contributed by atoms with van der Waals surface area (Å²) in [5.41, 5.74) is 0.785. The number of nitrogens with zero attached hydrogens (tertiary/aromatic N) is 3. The molecule has 2 unspecified atom stereocenters. The number of likely N-dealkylation sites (tertiary alicyclic amines) is 1. The van der Waals surface area contributed by atoms with Gasteiger partial charge in [0.05, 0.1) is 12.0 Å². The number of anilines is 1. The van der Waals surface area contributed by atoms with Crippen LogP contribution in [-0.2, 0) is 9.53 Å². The van der Waals surface area contributed by atoms with Crippen LogP contribution in [0.1, 0.15) is 25.7 Å². The van der Waals surface area contributed by atoms with Gasteiger partial charge in [0.25, 0.3) is 0 Å². The molecule has 0 aliphatic carbocycles. The maximum absolute atomic E-state index is 13.1. The number of carbonyl (C=O) groups is 2. The number of ether oxygens (including phenoxy) is 1. The van der Waals surface area contributed by atoms with Gasteiger partial charge in [-0.15, -0.1) is 0 Å². The maximum atomic E-state index is 13.1. The summed E-state index contributed by atoms with van der Waals surface area (Å²) in [6.45, 7) is 6.47. The minimum absolute atomic E-state index is 0.0880. The fourth-order valence-corrected chi connectivity index (χ4v) is 4.57. The highest BCUT2D eigenvalue weighted by Gasteiger charge is 2.33. The highest BCUT2D eigenvalue weighted by molar-refractivity contribution is 5.90. The van der Waals surface area contributed by atoms with Crippen molar-refractivity contribution >= 4 is 17.6 Å². The molecule has 0 aromatic heterocycles. The molecule has 0 radical (unpaired) electrons. The second-order valence-corrected chi connectivity index (χ2v) is 8.34. The number of nitrogens with one attached hydrogen (secondary N) is 1. The van der Waals surface area contributed by atoms with Gasteiger partial charge in [-0.05, 0) is 37.8 Å². The van der Waals surface area contributed by atoms with Gasteiger partial charge in [0.1, 0.15) is 0 Å². The number of hydrogen-bond acceptors (Lipinski definition) is 4. The number of rotatable bonds is 4. The second kappa shape index (κ2) is 9.59. The largest absolute Gasteiger partial charge is 0.377 e. The summed E-state index contributed by atoms with van der Waals surface area (Å²) in [7, 11) is 0. The average molecular weight is 401 g/mol. The zero-order valence-corrected chi connectivity index (χ0v) is 17.1. The predicted octanol–water partition coefficient (Wildman–Crippen LogP) is 2.25. The van der Waals surface area contributed by atoms with E-state index in [0.717, 1.165) is 64.3 Å². The Kier molecular flexibility index (Phi) is 6.67. The highest BCUT2D eigenvalue weighted by Crippen LogP contribution is 2.21. The lowest BCUT2D eigenvalue weighted by molar-refractivity contribution is -0.138. The minimum atomic E-state index is -0.116. The first-order valence-corrected chi connectivity index (χ1v) is 10.9. The van der Waals surface area contributed by atoms with Gasteiger partial charge in [0.2, 0.25) is 5.91 Å². The van der Waals surface area contributed by atoms with Gasteiger partial charge in [-0.3, -0.25) is 9.69 Å². The van der Waals surface area contributed by atoms with Crippen LogP contribution in [0.4, 0.5) is 10.5 Å². The van der Waals surface area contributed by atoms with Crippen LogP contribution < -0.4 is 5.32 Å². The van der Waals surface area contributed by atoms with Crippen LogP contribution in [0.25, 0.3) is 0 Å². The quantitative estimate of drug-likeness (QED) is 0.842. The summed E-state index contributed by atoms with van der Waals surface area (Å²) >= 11 is 0. The number of benzene rings is 1. The molecule has 1 aromatic rings. The molecule has 2 atom stereocenters. The van der Waals surface area contributed by atoms with Gasteiger partial charge >= 0.3 is 6.03 Å². The van der Waals surface area contributed by atoms with Crippen molar-refractivity contribution in [1.29, 1.82) is 0 Å². The van der Waals surface area contributed by atoms with Crippen molar-refractivity contribution in [3.63, 3.8) is 0 Å². The first-order valence-electron chi connectivity index (χ1n) is 10.9. The molecule has 4 rings (SSSR count). The zero-order chi connectivity index (χ0) is 20.1. The van der Waals surface area contributed by atoms with Crippen molar-refractivity contribution < 1.29 is 14.3 Å². The molecule has 0 bridgehead atoms. The Morgan fingerprint density at radius 3 is 2.48 bits per heavy atom. The predicted molar refractivity (Wildman–Crippen MR) is 112 cm³/mol. The van der Waals surface area contributed by atoms with E-state index in [-0.39, 0.29) is 17.9 Å². The van der Waals surface area contributed by atoms with Gasteiger partial charge in [0, 0.05) is 58.1 Å². The Bertz CT molecular complexity index is 685. The molecular formula is C22H32N4O3. The molecule has 0 saturated carbocycles. The smallest absolute Gasteiger partial charge is 0.321 e. The molecule has 158 valence electrons. The molecule has 1 N–H and O–H groups in total. The lowest BCUT2D eigenvalue weighted by Gasteiger charge is -2.39. The first kappa shape index (κ1) is 20.2. The second-order valence-electron chi connectivity index (χ2n) is 8.34. The topological polar surface area (TPSA) is 65.1 Å². The Hall–Kier alpha value is -2.12. The van der Waals surface area contributed by atoms with Crippen molar-refractivity contribution in [1.82, 2.24) is 14.7 Å². The van der Waals surface area contributed by atoms with Crippen molar-refractivity contribution in [2.75, 3.05) is 57.7 Å². The SMILES string of the molecule is O=C(Nc1ccccc1)N1CCCC(C(=O)N2CCN(CC3CCCO3)CC2)C1. The fraction of sp³-hybridized carbons (Fsp3) is 0.636. The Morgan fingerprint density at radius 2 is 1.76 bits per heavy atom. The van der Waals surface area contributed by atoms with Crippen molar-refractivity contribution in [3.05, 3.63) is 30.3 Å². The summed E-state index contributed by atoms with van der Waals surface area (Å²) in [6, 6.07) is 9.36. The lowest BCUT2D eigenvalue weighted by Crippen LogP contribution is -2.54. The molecular weight excluding hydrogens is 368 g/mol. The van der Waals surface area contributed by atoms with Crippen LogP contribution in [-0.4, -0.2) is 85.2 Å². The molecule has 3 heterocycles. The molecule has 1 aromatic carbocycles. The average Bonchev–Trinajstić information content (AvgIpc) is 3.28. The van der Waals surface area contributed by atoms with Crippen LogP contribution in [0.5, 0.6) is 0 Å². The number of amides is 3. The van der Waals surface area contributed by atoms with E-state index < -0.39 is 0 Å². The standard InChI is InChI=1S/C22H32N4O3/c27-21(25-13-11-24(12-14-25)17-20-9-5-15-29-20)18-6-4-10-26(16-18)22(28)23-19-7-2-1-3-8-19/h1-3,7-8,18,20H,4-6,9-17H2,(H,23,28). The van der Waals surface area contributed by atoms with E-state index in [0.29, 0.717) is 19.2 Å². The summed E-state index contributed by atoms with van der Waals surface area (Å²) in [5, 5.41) is 2.93. The normalized spacial score (nSPS) is 25.8. The molecule has 0 spiro atoms. The summed E-state index contributed by atoms with van der Waals surface area (Å²) in [5.74, 6) is 0.119. The third-order valence-corrected chi connectivity index (χ3v) is 6.25. The van der Waals surface area contributed by atoms with E-state index >= 15 is 0 Å². The molecule has 3 aliphatic heterocycles.